The molecule has 1 amide bonds. The summed E-state index contributed by atoms with van der Waals surface area (Å²) >= 11 is 5.89. The smallest absolute Gasteiger partial charge is 0.222 e. The Bertz CT molecular complexity index is 934. The lowest BCUT2D eigenvalue weighted by Crippen LogP contribution is -2.25. The van der Waals surface area contributed by atoms with Gasteiger partial charge in [0, 0.05) is 18.0 Å². The number of halogens is 1. The number of amides is 1. The van der Waals surface area contributed by atoms with Gasteiger partial charge >= 0.3 is 0 Å². The number of benzene rings is 2. The number of aromatic amines is 1. The van der Waals surface area contributed by atoms with Gasteiger partial charge < -0.3 is 15.0 Å². The maximum Gasteiger partial charge on any atom is 0.222 e. The highest BCUT2D eigenvalue weighted by molar-refractivity contribution is 6.30. The van der Waals surface area contributed by atoms with E-state index in [0.29, 0.717) is 11.6 Å². The van der Waals surface area contributed by atoms with Crippen molar-refractivity contribution >= 4 is 28.5 Å². The normalized spacial score (nSPS) is 12.1. The zero-order valence-electron chi connectivity index (χ0n) is 15.8. The zero-order chi connectivity index (χ0) is 19.4. The molecule has 0 spiro atoms. The number of carbonyl (C=O) groups excluding carboxylic acids is 1. The summed E-state index contributed by atoms with van der Waals surface area (Å²) in [4.78, 5) is 19.7. The van der Waals surface area contributed by atoms with Gasteiger partial charge in [-0.1, -0.05) is 24.6 Å². The highest BCUT2D eigenvalue weighted by atomic mass is 35.5. The predicted octanol–water partition coefficient (Wildman–Crippen LogP) is 4.42. The first kappa shape index (κ1) is 19.2. The molecule has 0 aliphatic carbocycles. The third-order valence-electron chi connectivity index (χ3n) is 4.80. The summed E-state index contributed by atoms with van der Waals surface area (Å²) in [5.74, 6) is 1.60. The van der Waals surface area contributed by atoms with Crippen molar-refractivity contribution < 1.29 is 9.53 Å². The van der Waals surface area contributed by atoms with Crippen molar-refractivity contribution in [3.8, 4) is 5.75 Å². The van der Waals surface area contributed by atoms with Gasteiger partial charge in [0.1, 0.15) is 18.2 Å². The number of rotatable bonds is 7. The number of fused-ring (bicyclic) bond motifs is 1. The fourth-order valence-corrected chi connectivity index (χ4v) is 3.20. The average Bonchev–Trinajstić information content (AvgIpc) is 3.10. The number of H-pyrrole nitrogens is 1. The fraction of sp³-hybridized carbons (Fsp3) is 0.333. The van der Waals surface area contributed by atoms with Crippen molar-refractivity contribution in [3.63, 3.8) is 0 Å². The molecule has 142 valence electrons. The van der Waals surface area contributed by atoms with E-state index in [2.05, 4.69) is 23.3 Å². The molecule has 3 aromatic rings. The van der Waals surface area contributed by atoms with E-state index in [0.717, 1.165) is 41.0 Å². The largest absolute Gasteiger partial charge is 0.486 e. The minimum absolute atomic E-state index is 0.00684. The Morgan fingerprint density at radius 3 is 2.70 bits per heavy atom. The molecule has 2 aromatic carbocycles. The maximum absolute atomic E-state index is 11.7. The van der Waals surface area contributed by atoms with Crippen LogP contribution in [0.5, 0.6) is 5.75 Å². The molecule has 0 aliphatic rings. The van der Waals surface area contributed by atoms with Crippen LogP contribution in [0.15, 0.2) is 36.4 Å². The van der Waals surface area contributed by atoms with E-state index in [1.165, 1.54) is 5.56 Å². The molecule has 1 aromatic heterocycles. The third kappa shape index (κ3) is 4.61. The Kier molecular flexibility index (Phi) is 6.01. The summed E-state index contributed by atoms with van der Waals surface area (Å²) < 4.78 is 5.77. The van der Waals surface area contributed by atoms with Crippen molar-refractivity contribution in [2.45, 2.75) is 33.3 Å². The number of hydrogen-bond donors (Lipinski definition) is 2. The van der Waals surface area contributed by atoms with Crippen LogP contribution in [0.2, 0.25) is 5.02 Å². The number of ether oxygens (including phenoxy) is 1. The van der Waals surface area contributed by atoms with E-state index in [1.54, 1.807) is 19.2 Å². The van der Waals surface area contributed by atoms with E-state index in [9.17, 15) is 4.79 Å². The monoisotopic (exact) mass is 385 g/mol. The molecule has 5 nitrogen and oxygen atoms in total. The lowest BCUT2D eigenvalue weighted by molar-refractivity contribution is -0.124. The Labute approximate surface area is 164 Å². The molecule has 6 heteroatoms. The molecular formula is C21H24ClN3O2. The van der Waals surface area contributed by atoms with Crippen LogP contribution < -0.4 is 10.1 Å². The number of aromatic nitrogens is 2. The highest BCUT2D eigenvalue weighted by Crippen LogP contribution is 2.23. The Balaban J connectivity index is 1.70. The molecule has 0 bridgehead atoms. The first-order valence-corrected chi connectivity index (χ1v) is 9.42. The number of imidazole rings is 1. The van der Waals surface area contributed by atoms with E-state index >= 15 is 0 Å². The Hall–Kier alpha value is -2.53. The number of aryl methyl sites for hydroxylation is 2. The quantitative estimate of drug-likeness (QED) is 0.632. The van der Waals surface area contributed by atoms with Crippen LogP contribution in [0, 0.1) is 12.8 Å². The topological polar surface area (TPSA) is 67.0 Å². The van der Waals surface area contributed by atoms with Crippen LogP contribution >= 0.6 is 11.6 Å². The van der Waals surface area contributed by atoms with Gasteiger partial charge in [-0.3, -0.25) is 4.79 Å². The molecule has 1 heterocycles. The Morgan fingerprint density at radius 1 is 1.26 bits per heavy atom. The second kappa shape index (κ2) is 8.44. The van der Waals surface area contributed by atoms with Crippen molar-refractivity contribution in [1.82, 2.24) is 15.3 Å². The van der Waals surface area contributed by atoms with E-state index in [1.807, 2.05) is 25.1 Å². The minimum Gasteiger partial charge on any atom is -0.486 e. The lowest BCUT2D eigenvalue weighted by atomic mass is 9.97. The first-order chi connectivity index (χ1) is 13.0. The van der Waals surface area contributed by atoms with Gasteiger partial charge in [-0.25, -0.2) is 4.98 Å². The van der Waals surface area contributed by atoms with Crippen LogP contribution in [-0.2, 0) is 17.8 Å². The summed E-state index contributed by atoms with van der Waals surface area (Å²) in [5.41, 5.74) is 4.31. The van der Waals surface area contributed by atoms with Gasteiger partial charge in [0.2, 0.25) is 5.91 Å². The van der Waals surface area contributed by atoms with Crippen LogP contribution in [0.25, 0.3) is 11.0 Å². The molecule has 0 saturated heterocycles. The van der Waals surface area contributed by atoms with Gasteiger partial charge in [-0.05, 0) is 61.2 Å². The minimum atomic E-state index is -0.00684. The summed E-state index contributed by atoms with van der Waals surface area (Å²) in [6, 6.07) is 11.4. The van der Waals surface area contributed by atoms with Gasteiger partial charge in [0.15, 0.2) is 0 Å². The third-order valence-corrected chi connectivity index (χ3v) is 5.05. The van der Waals surface area contributed by atoms with Crippen molar-refractivity contribution in [1.29, 1.82) is 0 Å². The molecule has 1 unspecified atom stereocenters. The predicted molar refractivity (Wildman–Crippen MR) is 108 cm³/mol. The van der Waals surface area contributed by atoms with Crippen LogP contribution in [0.3, 0.4) is 0 Å². The van der Waals surface area contributed by atoms with Gasteiger partial charge in [0.25, 0.3) is 0 Å². The summed E-state index contributed by atoms with van der Waals surface area (Å²) in [6.07, 6.45) is 1.66. The SMILES string of the molecule is CNC(=O)C(C)CCc1ccc2[nH]c(COc3ccc(Cl)cc3)nc2c1C. The van der Waals surface area contributed by atoms with Crippen LogP contribution in [0.4, 0.5) is 0 Å². The second-order valence-corrected chi connectivity index (χ2v) is 7.16. The zero-order valence-corrected chi connectivity index (χ0v) is 16.6. The van der Waals surface area contributed by atoms with E-state index in [-0.39, 0.29) is 11.8 Å². The second-order valence-electron chi connectivity index (χ2n) is 6.73. The summed E-state index contributed by atoms with van der Waals surface area (Å²) in [6.45, 7) is 4.39. The summed E-state index contributed by atoms with van der Waals surface area (Å²) in [7, 11) is 1.67. The number of nitrogens with one attached hydrogen (secondary N) is 2. The van der Waals surface area contributed by atoms with E-state index in [4.69, 9.17) is 21.3 Å². The molecule has 1 atom stereocenters. The van der Waals surface area contributed by atoms with Crippen molar-refractivity contribution in [2.24, 2.45) is 5.92 Å². The summed E-state index contributed by atoms with van der Waals surface area (Å²) in [5, 5.41) is 3.38. The van der Waals surface area contributed by atoms with Crippen LogP contribution in [0.1, 0.15) is 30.3 Å². The number of nitrogens with zero attached hydrogens (tertiary/aromatic N) is 1. The molecular weight excluding hydrogens is 362 g/mol. The van der Waals surface area contributed by atoms with Crippen molar-refractivity contribution in [3.05, 3.63) is 58.4 Å². The number of carbonyl (C=O) groups is 1. The van der Waals surface area contributed by atoms with Gasteiger partial charge in [-0.15, -0.1) is 0 Å². The molecule has 2 N–H and O–H groups in total. The maximum atomic E-state index is 11.7. The highest BCUT2D eigenvalue weighted by Gasteiger charge is 2.14. The standard InChI is InChI=1S/C21H24ClN3O2/c1-13(21(26)23-3)4-5-15-6-11-18-20(14(15)2)25-19(24-18)12-27-17-9-7-16(22)8-10-17/h6-11,13H,4-5,12H2,1-3H3,(H,23,26)(H,24,25). The Morgan fingerprint density at radius 2 is 2.00 bits per heavy atom. The molecule has 0 radical (unpaired) electrons. The number of hydrogen-bond acceptors (Lipinski definition) is 3. The van der Waals surface area contributed by atoms with E-state index < -0.39 is 0 Å². The molecule has 0 fully saturated rings. The van der Waals surface area contributed by atoms with Crippen molar-refractivity contribution in [2.75, 3.05) is 7.05 Å². The molecule has 0 saturated carbocycles. The molecule has 0 aliphatic heterocycles. The first-order valence-electron chi connectivity index (χ1n) is 9.05. The average molecular weight is 386 g/mol. The van der Waals surface area contributed by atoms with Gasteiger partial charge in [-0.2, -0.15) is 0 Å². The fourth-order valence-electron chi connectivity index (χ4n) is 3.08. The lowest BCUT2D eigenvalue weighted by Gasteiger charge is -2.11. The molecule has 3 rings (SSSR count). The van der Waals surface area contributed by atoms with Crippen LogP contribution in [-0.4, -0.2) is 22.9 Å². The van der Waals surface area contributed by atoms with Gasteiger partial charge in [0.05, 0.1) is 11.0 Å². The molecule has 27 heavy (non-hydrogen) atoms.